The lowest BCUT2D eigenvalue weighted by molar-refractivity contribution is 0.271. The second-order valence-corrected chi connectivity index (χ2v) is 5.76. The maximum absolute atomic E-state index is 6.00. The predicted octanol–water partition coefficient (Wildman–Crippen LogP) is 2.96. The van der Waals surface area contributed by atoms with Crippen molar-refractivity contribution in [3.63, 3.8) is 0 Å². The smallest absolute Gasteiger partial charge is 0.124 e. The quantitative estimate of drug-likeness (QED) is 0.888. The van der Waals surface area contributed by atoms with Gasteiger partial charge in [-0.15, -0.1) is 0 Å². The topological polar surface area (TPSA) is 38.5 Å². The molecule has 108 valence electrons. The van der Waals surface area contributed by atoms with Gasteiger partial charge in [0.1, 0.15) is 5.75 Å². The van der Waals surface area contributed by atoms with E-state index in [1.165, 1.54) is 22.3 Å². The van der Waals surface area contributed by atoms with E-state index < -0.39 is 0 Å². The minimum absolute atomic E-state index is 0.189. The molecule has 19 heavy (non-hydrogen) atoms. The summed E-state index contributed by atoms with van der Waals surface area (Å²) in [4.78, 5) is 2.25. The minimum atomic E-state index is 0.189. The zero-order chi connectivity index (χ0) is 14.7. The number of benzene rings is 1. The van der Waals surface area contributed by atoms with E-state index in [0.29, 0.717) is 6.04 Å². The van der Waals surface area contributed by atoms with Crippen molar-refractivity contribution >= 4 is 0 Å². The van der Waals surface area contributed by atoms with E-state index in [-0.39, 0.29) is 6.04 Å². The van der Waals surface area contributed by atoms with Crippen molar-refractivity contribution in [1.82, 2.24) is 4.90 Å². The molecule has 0 heterocycles. The summed E-state index contributed by atoms with van der Waals surface area (Å²) in [5.41, 5.74) is 11.1. The Labute approximate surface area is 117 Å². The van der Waals surface area contributed by atoms with E-state index >= 15 is 0 Å². The second-order valence-electron chi connectivity index (χ2n) is 5.76. The third kappa shape index (κ3) is 3.48. The Kier molecular flexibility index (Phi) is 5.39. The van der Waals surface area contributed by atoms with Gasteiger partial charge >= 0.3 is 0 Å². The van der Waals surface area contributed by atoms with E-state index in [9.17, 15) is 0 Å². The summed E-state index contributed by atoms with van der Waals surface area (Å²) in [6, 6.07) is 2.78. The minimum Gasteiger partial charge on any atom is -0.496 e. The van der Waals surface area contributed by atoms with Crippen molar-refractivity contribution in [2.45, 2.75) is 46.2 Å². The third-order valence-corrected chi connectivity index (χ3v) is 3.85. The molecule has 0 saturated heterocycles. The van der Waals surface area contributed by atoms with Gasteiger partial charge in [-0.2, -0.15) is 0 Å². The van der Waals surface area contributed by atoms with Crippen LogP contribution in [0.4, 0.5) is 0 Å². The first-order chi connectivity index (χ1) is 8.79. The van der Waals surface area contributed by atoms with Gasteiger partial charge in [-0.05, 0) is 70.5 Å². The molecule has 0 aliphatic heterocycles. The average molecular weight is 264 g/mol. The molecule has 1 rings (SSSR count). The standard InChI is InChI=1S/C16H28N2O/c1-10-8-14(12(3)13(4)16(10)19-7)15(18(5)6)9-11(2)17/h8,11,15H,9,17H2,1-7H3. The normalized spacial score (nSPS) is 14.6. The van der Waals surface area contributed by atoms with Gasteiger partial charge in [0.15, 0.2) is 0 Å². The lowest BCUT2D eigenvalue weighted by Gasteiger charge is -2.29. The first kappa shape index (κ1) is 16.0. The van der Waals surface area contributed by atoms with Crippen LogP contribution in [0.2, 0.25) is 0 Å². The highest BCUT2D eigenvalue weighted by atomic mass is 16.5. The van der Waals surface area contributed by atoms with Gasteiger partial charge in [0, 0.05) is 12.1 Å². The molecule has 0 amide bonds. The van der Waals surface area contributed by atoms with Gasteiger partial charge in [-0.1, -0.05) is 6.07 Å². The van der Waals surface area contributed by atoms with Crippen molar-refractivity contribution in [3.05, 3.63) is 28.3 Å². The van der Waals surface area contributed by atoms with Crippen LogP contribution < -0.4 is 10.5 Å². The molecule has 2 N–H and O–H groups in total. The lowest BCUT2D eigenvalue weighted by Crippen LogP contribution is -2.28. The van der Waals surface area contributed by atoms with Gasteiger partial charge in [0.05, 0.1) is 7.11 Å². The summed E-state index contributed by atoms with van der Waals surface area (Å²) in [7, 11) is 5.96. The maximum Gasteiger partial charge on any atom is 0.124 e. The summed E-state index contributed by atoms with van der Waals surface area (Å²) in [6.45, 7) is 8.47. The highest BCUT2D eigenvalue weighted by molar-refractivity contribution is 5.50. The fourth-order valence-corrected chi connectivity index (χ4v) is 2.72. The summed E-state index contributed by atoms with van der Waals surface area (Å²) < 4.78 is 5.49. The molecular formula is C16H28N2O. The summed E-state index contributed by atoms with van der Waals surface area (Å²) in [6.07, 6.45) is 0.957. The molecule has 0 aromatic heterocycles. The van der Waals surface area contributed by atoms with Crippen molar-refractivity contribution in [1.29, 1.82) is 0 Å². The highest BCUT2D eigenvalue weighted by Crippen LogP contribution is 2.34. The van der Waals surface area contributed by atoms with Crippen LogP contribution in [0.1, 0.15) is 41.6 Å². The van der Waals surface area contributed by atoms with Gasteiger partial charge in [0.2, 0.25) is 0 Å². The van der Waals surface area contributed by atoms with Gasteiger partial charge in [-0.25, -0.2) is 0 Å². The SMILES string of the molecule is COc1c(C)cc(C(CC(C)N)N(C)C)c(C)c1C. The Bertz CT molecular complexity index is 439. The number of hydrogen-bond acceptors (Lipinski definition) is 3. The molecule has 0 aliphatic rings. The molecule has 0 aliphatic carbocycles. The zero-order valence-corrected chi connectivity index (χ0v) is 13.4. The largest absolute Gasteiger partial charge is 0.496 e. The van der Waals surface area contributed by atoms with E-state index in [0.717, 1.165) is 12.2 Å². The third-order valence-electron chi connectivity index (χ3n) is 3.85. The van der Waals surface area contributed by atoms with E-state index in [4.69, 9.17) is 10.5 Å². The number of nitrogens with two attached hydrogens (primary N) is 1. The molecular weight excluding hydrogens is 236 g/mol. The van der Waals surface area contributed by atoms with E-state index in [1.54, 1.807) is 7.11 Å². The van der Waals surface area contributed by atoms with Crippen LogP contribution in [-0.4, -0.2) is 32.1 Å². The lowest BCUT2D eigenvalue weighted by atomic mass is 9.90. The Morgan fingerprint density at radius 3 is 2.21 bits per heavy atom. The van der Waals surface area contributed by atoms with Crippen LogP contribution >= 0.6 is 0 Å². The van der Waals surface area contributed by atoms with E-state index in [2.05, 4.69) is 52.8 Å². The molecule has 0 radical (unpaired) electrons. The number of ether oxygens (including phenoxy) is 1. The number of hydrogen-bond donors (Lipinski definition) is 1. The Morgan fingerprint density at radius 2 is 1.79 bits per heavy atom. The van der Waals surface area contributed by atoms with Gasteiger partial charge in [-0.3, -0.25) is 0 Å². The summed E-state index contributed by atoms with van der Waals surface area (Å²) in [5.74, 6) is 1.000. The molecule has 1 aromatic carbocycles. The van der Waals surface area contributed by atoms with Gasteiger partial charge in [0.25, 0.3) is 0 Å². The zero-order valence-electron chi connectivity index (χ0n) is 13.4. The molecule has 0 bridgehead atoms. The highest BCUT2D eigenvalue weighted by Gasteiger charge is 2.21. The second kappa shape index (κ2) is 6.40. The predicted molar refractivity (Wildman–Crippen MR) is 81.9 cm³/mol. The number of nitrogens with zero attached hydrogens (tertiary/aromatic N) is 1. The van der Waals surface area contributed by atoms with E-state index in [1.807, 2.05) is 0 Å². The molecule has 2 atom stereocenters. The molecule has 1 aromatic rings. The first-order valence-corrected chi connectivity index (χ1v) is 6.86. The molecule has 0 saturated carbocycles. The maximum atomic E-state index is 6.00. The molecule has 0 fully saturated rings. The Morgan fingerprint density at radius 1 is 1.21 bits per heavy atom. The number of rotatable bonds is 5. The van der Waals surface area contributed by atoms with Crippen LogP contribution in [0.3, 0.4) is 0 Å². The number of aryl methyl sites for hydroxylation is 1. The summed E-state index contributed by atoms with van der Waals surface area (Å²) >= 11 is 0. The molecule has 0 spiro atoms. The fourth-order valence-electron chi connectivity index (χ4n) is 2.72. The molecule has 3 nitrogen and oxygen atoms in total. The van der Waals surface area contributed by atoms with Crippen molar-refractivity contribution in [3.8, 4) is 5.75 Å². The van der Waals surface area contributed by atoms with Crippen molar-refractivity contribution in [2.75, 3.05) is 21.2 Å². The Balaban J connectivity index is 3.32. The first-order valence-electron chi connectivity index (χ1n) is 6.86. The monoisotopic (exact) mass is 264 g/mol. The molecule has 3 heteroatoms. The van der Waals surface area contributed by atoms with Gasteiger partial charge < -0.3 is 15.4 Å². The van der Waals surface area contributed by atoms with Crippen LogP contribution in [0, 0.1) is 20.8 Å². The van der Waals surface area contributed by atoms with Crippen molar-refractivity contribution in [2.24, 2.45) is 5.73 Å². The van der Waals surface area contributed by atoms with Crippen LogP contribution in [0.25, 0.3) is 0 Å². The van der Waals surface area contributed by atoms with Crippen LogP contribution in [-0.2, 0) is 0 Å². The Hall–Kier alpha value is -1.06. The van der Waals surface area contributed by atoms with Crippen molar-refractivity contribution < 1.29 is 4.74 Å². The summed E-state index contributed by atoms with van der Waals surface area (Å²) in [5, 5.41) is 0. The number of methoxy groups -OCH3 is 1. The van der Waals surface area contributed by atoms with Crippen LogP contribution in [0.5, 0.6) is 5.75 Å². The average Bonchev–Trinajstić information content (AvgIpc) is 2.31. The fraction of sp³-hybridized carbons (Fsp3) is 0.625. The molecule has 2 unspecified atom stereocenters. The van der Waals surface area contributed by atoms with Crippen LogP contribution in [0.15, 0.2) is 6.07 Å².